The number of hydrogen-bond donors (Lipinski definition) is 2. The van der Waals surface area contributed by atoms with Gasteiger partial charge in [0.25, 0.3) is 0 Å². The van der Waals surface area contributed by atoms with Gasteiger partial charge in [-0.1, -0.05) is 31.9 Å². The minimum absolute atomic E-state index is 0.0762. The maximum absolute atomic E-state index is 6.02. The van der Waals surface area contributed by atoms with Crippen molar-refractivity contribution < 1.29 is 0 Å². The fraction of sp³-hybridized carbons (Fsp3) is 0.400. The van der Waals surface area contributed by atoms with Gasteiger partial charge < -0.3 is 11.5 Å². The molecule has 1 aromatic rings. The molecule has 0 heterocycles. The second-order valence-electron chi connectivity index (χ2n) is 3.24. The minimum Gasteiger partial charge on any atom is -0.330 e. The summed E-state index contributed by atoms with van der Waals surface area (Å²) in [4.78, 5) is 0. The molecule has 0 radical (unpaired) electrons. The molecular weight excluding hydrogens is 308 g/mol. The average molecular weight is 322 g/mol. The molecule has 0 bridgehead atoms. The molecule has 0 spiro atoms. The highest BCUT2D eigenvalue weighted by atomic mass is 79.9. The summed E-state index contributed by atoms with van der Waals surface area (Å²) in [5, 5.41) is 0. The molecule has 0 fully saturated rings. The van der Waals surface area contributed by atoms with Crippen molar-refractivity contribution in [1.29, 1.82) is 0 Å². The molecule has 0 aliphatic heterocycles. The third kappa shape index (κ3) is 3.69. The van der Waals surface area contributed by atoms with Gasteiger partial charge in [-0.3, -0.25) is 0 Å². The van der Waals surface area contributed by atoms with Crippen LogP contribution < -0.4 is 11.5 Å². The lowest BCUT2D eigenvalue weighted by molar-refractivity contribution is 0.617. The normalized spacial score (nSPS) is 12.9. The predicted molar refractivity (Wildman–Crippen MR) is 67.1 cm³/mol. The van der Waals surface area contributed by atoms with Gasteiger partial charge in [-0.25, -0.2) is 0 Å². The van der Waals surface area contributed by atoms with Crippen LogP contribution in [0.4, 0.5) is 0 Å². The van der Waals surface area contributed by atoms with Crippen LogP contribution in [0.2, 0.25) is 0 Å². The summed E-state index contributed by atoms with van der Waals surface area (Å²) >= 11 is 6.88. The molecule has 4 N–H and O–H groups in total. The SMILES string of the molecule is NCCC[C@@H](N)c1cc(Br)cc(Br)c1. The number of nitrogens with two attached hydrogens (primary N) is 2. The van der Waals surface area contributed by atoms with Crippen molar-refractivity contribution in [2.24, 2.45) is 11.5 Å². The zero-order valence-electron chi connectivity index (χ0n) is 7.84. The zero-order valence-corrected chi connectivity index (χ0v) is 11.0. The number of hydrogen-bond acceptors (Lipinski definition) is 2. The molecule has 1 aromatic carbocycles. The average Bonchev–Trinajstić information content (AvgIpc) is 2.12. The van der Waals surface area contributed by atoms with Crippen LogP contribution in [0.25, 0.3) is 0 Å². The number of rotatable bonds is 4. The maximum Gasteiger partial charge on any atom is 0.0296 e. The van der Waals surface area contributed by atoms with Gasteiger partial charge in [-0.15, -0.1) is 0 Å². The second kappa shape index (κ2) is 5.85. The standard InChI is InChI=1S/C10H14Br2N2/c11-8-4-7(5-9(12)6-8)10(14)2-1-3-13/h4-6,10H,1-3,13-14H2/t10-/m1/s1. The Morgan fingerprint density at radius 2 is 1.71 bits per heavy atom. The largest absolute Gasteiger partial charge is 0.330 e. The lowest BCUT2D eigenvalue weighted by Crippen LogP contribution is -2.12. The van der Waals surface area contributed by atoms with Crippen molar-refractivity contribution in [3.8, 4) is 0 Å². The Kier molecular flexibility index (Phi) is 5.09. The van der Waals surface area contributed by atoms with Crippen molar-refractivity contribution in [3.05, 3.63) is 32.7 Å². The molecule has 4 heteroatoms. The van der Waals surface area contributed by atoms with E-state index in [-0.39, 0.29) is 6.04 Å². The lowest BCUT2D eigenvalue weighted by Gasteiger charge is -2.12. The summed E-state index contributed by atoms with van der Waals surface area (Å²) in [6.45, 7) is 0.697. The molecule has 78 valence electrons. The Morgan fingerprint density at radius 3 is 2.21 bits per heavy atom. The van der Waals surface area contributed by atoms with Crippen LogP contribution in [0.1, 0.15) is 24.4 Å². The first-order valence-electron chi connectivity index (χ1n) is 4.55. The molecule has 0 unspecified atom stereocenters. The van der Waals surface area contributed by atoms with E-state index in [0.29, 0.717) is 6.54 Å². The molecule has 0 aliphatic carbocycles. The quantitative estimate of drug-likeness (QED) is 0.895. The van der Waals surface area contributed by atoms with Gasteiger partial charge in [-0.2, -0.15) is 0 Å². The summed E-state index contributed by atoms with van der Waals surface area (Å²) in [7, 11) is 0. The van der Waals surface area contributed by atoms with Crippen LogP contribution >= 0.6 is 31.9 Å². The van der Waals surface area contributed by atoms with E-state index in [1.165, 1.54) is 0 Å². The van der Waals surface area contributed by atoms with Crippen molar-refractivity contribution in [1.82, 2.24) is 0 Å². The molecule has 0 saturated heterocycles. The van der Waals surface area contributed by atoms with Crippen molar-refractivity contribution in [2.75, 3.05) is 6.54 Å². The number of benzene rings is 1. The summed E-state index contributed by atoms with van der Waals surface area (Å²) in [6, 6.07) is 6.17. The fourth-order valence-electron chi connectivity index (χ4n) is 1.29. The zero-order chi connectivity index (χ0) is 10.6. The smallest absolute Gasteiger partial charge is 0.0296 e. The molecule has 0 aromatic heterocycles. The van der Waals surface area contributed by atoms with Crippen LogP contribution in [-0.4, -0.2) is 6.54 Å². The van der Waals surface area contributed by atoms with E-state index in [2.05, 4.69) is 31.9 Å². The lowest BCUT2D eigenvalue weighted by atomic mass is 10.0. The van der Waals surface area contributed by atoms with E-state index in [1.807, 2.05) is 18.2 Å². The van der Waals surface area contributed by atoms with Gasteiger partial charge in [0.05, 0.1) is 0 Å². The van der Waals surface area contributed by atoms with Crippen molar-refractivity contribution >= 4 is 31.9 Å². The van der Waals surface area contributed by atoms with Crippen LogP contribution in [0.3, 0.4) is 0 Å². The Bertz CT molecular complexity index is 282. The van der Waals surface area contributed by atoms with Gasteiger partial charge >= 0.3 is 0 Å². The van der Waals surface area contributed by atoms with Gasteiger partial charge in [0, 0.05) is 15.0 Å². The molecule has 14 heavy (non-hydrogen) atoms. The minimum atomic E-state index is 0.0762. The van der Waals surface area contributed by atoms with Crippen LogP contribution in [0.5, 0.6) is 0 Å². The molecule has 1 atom stereocenters. The maximum atomic E-state index is 6.02. The van der Waals surface area contributed by atoms with Crippen LogP contribution in [0, 0.1) is 0 Å². The molecule has 1 rings (SSSR count). The fourth-order valence-corrected chi connectivity index (χ4v) is 2.62. The van der Waals surface area contributed by atoms with E-state index >= 15 is 0 Å². The van der Waals surface area contributed by atoms with Gasteiger partial charge in [-0.05, 0) is 43.1 Å². The Morgan fingerprint density at radius 1 is 1.14 bits per heavy atom. The van der Waals surface area contributed by atoms with E-state index in [1.54, 1.807) is 0 Å². The van der Waals surface area contributed by atoms with Crippen molar-refractivity contribution in [2.45, 2.75) is 18.9 Å². The Balaban J connectivity index is 2.73. The first-order chi connectivity index (χ1) is 6.63. The highest BCUT2D eigenvalue weighted by molar-refractivity contribution is 9.11. The van der Waals surface area contributed by atoms with Crippen LogP contribution in [0.15, 0.2) is 27.1 Å². The molecular formula is C10H14Br2N2. The Hall–Kier alpha value is 0.1000. The predicted octanol–water partition coefficient (Wildman–Crippen LogP) is 2.95. The van der Waals surface area contributed by atoms with E-state index in [4.69, 9.17) is 11.5 Å². The van der Waals surface area contributed by atoms with E-state index in [9.17, 15) is 0 Å². The summed E-state index contributed by atoms with van der Waals surface area (Å²) in [6.07, 6.45) is 1.89. The first-order valence-corrected chi connectivity index (χ1v) is 6.13. The molecule has 0 aliphatic rings. The third-order valence-corrected chi connectivity index (χ3v) is 2.95. The highest BCUT2D eigenvalue weighted by Crippen LogP contribution is 2.24. The summed E-state index contributed by atoms with van der Waals surface area (Å²) < 4.78 is 2.09. The molecule has 0 saturated carbocycles. The van der Waals surface area contributed by atoms with E-state index in [0.717, 1.165) is 27.4 Å². The highest BCUT2D eigenvalue weighted by Gasteiger charge is 2.06. The third-order valence-electron chi connectivity index (χ3n) is 2.03. The number of halogens is 2. The Labute approximate surface area is 101 Å². The van der Waals surface area contributed by atoms with E-state index < -0.39 is 0 Å². The second-order valence-corrected chi connectivity index (χ2v) is 5.07. The van der Waals surface area contributed by atoms with Gasteiger partial charge in [0.15, 0.2) is 0 Å². The first kappa shape index (κ1) is 12.2. The van der Waals surface area contributed by atoms with Gasteiger partial charge in [0.2, 0.25) is 0 Å². The molecule has 2 nitrogen and oxygen atoms in total. The monoisotopic (exact) mass is 320 g/mol. The van der Waals surface area contributed by atoms with Crippen LogP contribution in [-0.2, 0) is 0 Å². The summed E-state index contributed by atoms with van der Waals surface area (Å²) in [5.74, 6) is 0. The summed E-state index contributed by atoms with van der Waals surface area (Å²) in [5.41, 5.74) is 12.6. The van der Waals surface area contributed by atoms with Crippen molar-refractivity contribution in [3.63, 3.8) is 0 Å². The van der Waals surface area contributed by atoms with Gasteiger partial charge in [0.1, 0.15) is 0 Å². The topological polar surface area (TPSA) is 52.0 Å². The molecule has 0 amide bonds.